The number of rotatable bonds is 7. The van der Waals surface area contributed by atoms with E-state index in [9.17, 15) is 14.4 Å². The number of nitrogens with one attached hydrogen (secondary N) is 1. The number of carbonyl (C=O) groups excluding carboxylic acids is 3. The number of ketones is 1. The van der Waals surface area contributed by atoms with E-state index in [2.05, 4.69) is 37.1 Å². The van der Waals surface area contributed by atoms with Gasteiger partial charge in [0.05, 0.1) is 5.69 Å². The van der Waals surface area contributed by atoms with E-state index in [1.807, 2.05) is 46.2 Å². The molecule has 0 aliphatic carbocycles. The summed E-state index contributed by atoms with van der Waals surface area (Å²) in [4.78, 5) is 47.5. The summed E-state index contributed by atoms with van der Waals surface area (Å²) in [5.74, 6) is 0.0143. The van der Waals surface area contributed by atoms with Crippen LogP contribution >= 0.6 is 15.9 Å². The van der Waals surface area contributed by atoms with E-state index < -0.39 is 0 Å². The molecule has 4 aliphatic rings. The van der Waals surface area contributed by atoms with Crippen molar-refractivity contribution in [3.8, 4) is 0 Å². The third-order valence-corrected chi connectivity index (χ3v) is 10.3. The van der Waals surface area contributed by atoms with Crippen LogP contribution < -0.4 is 10.2 Å². The number of hydrogen-bond acceptors (Lipinski definition) is 5. The van der Waals surface area contributed by atoms with Crippen LogP contribution in [0.5, 0.6) is 0 Å². The Balaban J connectivity index is 0.955. The molecule has 2 aromatic rings. The first-order valence-electron chi connectivity index (χ1n) is 15.7. The molecule has 4 aliphatic heterocycles. The summed E-state index contributed by atoms with van der Waals surface area (Å²) < 4.78 is 0.947. The average Bonchev–Trinajstić information content (AvgIpc) is 3.03. The van der Waals surface area contributed by atoms with Gasteiger partial charge in [0.15, 0.2) is 5.78 Å². The van der Waals surface area contributed by atoms with Gasteiger partial charge in [-0.25, -0.2) is 4.79 Å². The lowest BCUT2D eigenvalue weighted by Crippen LogP contribution is -2.51. The number of piperidine rings is 3. The highest BCUT2D eigenvalue weighted by Gasteiger charge is 2.33. The molecular weight excluding hydrogens is 594 g/mol. The van der Waals surface area contributed by atoms with Crippen molar-refractivity contribution in [3.63, 3.8) is 0 Å². The first kappa shape index (κ1) is 29.2. The monoisotopic (exact) mass is 635 g/mol. The summed E-state index contributed by atoms with van der Waals surface area (Å²) in [7, 11) is 0. The van der Waals surface area contributed by atoms with Crippen LogP contribution in [0.15, 0.2) is 46.9 Å². The number of nitrogens with zero attached hydrogens (tertiary/aromatic N) is 4. The van der Waals surface area contributed by atoms with Crippen LogP contribution in [0.2, 0.25) is 0 Å². The van der Waals surface area contributed by atoms with Crippen LogP contribution in [0.4, 0.5) is 16.2 Å². The number of hydrogen-bond donors (Lipinski definition) is 1. The minimum atomic E-state index is -0.0665. The number of Topliss-reactive ketones (excluding diaryl/α,β-unsaturated/α-hetero) is 1. The number of anilines is 2. The smallest absolute Gasteiger partial charge is 0.322 e. The van der Waals surface area contributed by atoms with Crippen molar-refractivity contribution in [1.29, 1.82) is 0 Å². The molecular formula is C33H42BrN5O3. The summed E-state index contributed by atoms with van der Waals surface area (Å²) in [6, 6.07) is 14.5. The van der Waals surface area contributed by atoms with Gasteiger partial charge < -0.3 is 24.9 Å². The maximum absolute atomic E-state index is 13.0. The predicted octanol–water partition coefficient (Wildman–Crippen LogP) is 5.91. The summed E-state index contributed by atoms with van der Waals surface area (Å²) in [5, 5.41) is 2.99. The van der Waals surface area contributed by atoms with E-state index in [4.69, 9.17) is 0 Å². The van der Waals surface area contributed by atoms with Gasteiger partial charge in [0, 0.05) is 73.4 Å². The highest BCUT2D eigenvalue weighted by atomic mass is 79.9. The molecule has 8 nitrogen and oxygen atoms in total. The van der Waals surface area contributed by atoms with Crippen LogP contribution in [0.1, 0.15) is 73.7 Å². The Morgan fingerprint density at radius 3 is 2.29 bits per heavy atom. The molecule has 3 amide bonds. The Hall–Kier alpha value is -2.91. The van der Waals surface area contributed by atoms with Gasteiger partial charge in [0.2, 0.25) is 5.91 Å². The number of para-hydroxylation sites is 1. The van der Waals surface area contributed by atoms with Gasteiger partial charge in [-0.05, 0) is 97.4 Å². The van der Waals surface area contributed by atoms with Gasteiger partial charge in [0.1, 0.15) is 0 Å². The Morgan fingerprint density at radius 1 is 0.833 bits per heavy atom. The molecule has 6 rings (SSSR count). The highest BCUT2D eigenvalue weighted by molar-refractivity contribution is 9.10. The standard InChI is InChI=1S/C33H42BrN5O3/c34-28-22-24(8-9-30(28)37-18-12-26(13-19-37)36-16-4-1-5-17-36)31(40)10-11-32(41)38-20-14-27(15-21-38)39-23-25-6-2-3-7-29(25)35-33(39)42/h2-3,6-9,22,26-27H,1,4-5,10-21,23H2,(H,35,42). The fourth-order valence-corrected chi connectivity index (χ4v) is 7.79. The lowest BCUT2D eigenvalue weighted by atomic mass is 9.99. The number of urea groups is 1. The fourth-order valence-electron chi connectivity index (χ4n) is 7.16. The second kappa shape index (κ2) is 13.2. The van der Waals surface area contributed by atoms with Crippen molar-refractivity contribution in [3.05, 3.63) is 58.1 Å². The molecule has 3 fully saturated rings. The van der Waals surface area contributed by atoms with Gasteiger partial charge in [-0.2, -0.15) is 0 Å². The molecule has 0 atom stereocenters. The van der Waals surface area contributed by atoms with E-state index in [0.29, 0.717) is 31.2 Å². The Bertz CT molecular complexity index is 1300. The van der Waals surface area contributed by atoms with Crippen LogP contribution in [-0.4, -0.2) is 83.8 Å². The lowest BCUT2D eigenvalue weighted by Gasteiger charge is -2.41. The minimum Gasteiger partial charge on any atom is -0.371 e. The van der Waals surface area contributed by atoms with Crippen molar-refractivity contribution in [2.75, 3.05) is 49.5 Å². The molecule has 3 saturated heterocycles. The molecule has 9 heteroatoms. The zero-order chi connectivity index (χ0) is 29.1. The van der Waals surface area contributed by atoms with Gasteiger partial charge >= 0.3 is 6.03 Å². The second-order valence-corrected chi connectivity index (χ2v) is 13.1. The molecule has 2 aromatic carbocycles. The number of fused-ring (bicyclic) bond motifs is 1. The number of carbonyl (C=O) groups is 3. The molecule has 224 valence electrons. The maximum Gasteiger partial charge on any atom is 0.322 e. The van der Waals surface area contributed by atoms with Crippen molar-refractivity contribution < 1.29 is 14.4 Å². The highest BCUT2D eigenvalue weighted by Crippen LogP contribution is 2.32. The van der Waals surface area contributed by atoms with Crippen LogP contribution in [0.25, 0.3) is 0 Å². The first-order chi connectivity index (χ1) is 20.5. The van der Waals surface area contributed by atoms with Gasteiger partial charge in [-0.3, -0.25) is 9.59 Å². The number of halogens is 1. The van der Waals surface area contributed by atoms with Crippen molar-refractivity contribution in [2.45, 2.75) is 76.4 Å². The first-order valence-corrected chi connectivity index (χ1v) is 16.5. The normalized spacial score (nSPS) is 20.8. The lowest BCUT2D eigenvalue weighted by molar-refractivity contribution is -0.132. The van der Waals surface area contributed by atoms with Crippen molar-refractivity contribution in [2.24, 2.45) is 0 Å². The minimum absolute atomic E-state index is 0.00190. The third kappa shape index (κ3) is 6.52. The number of likely N-dealkylation sites (tertiary alicyclic amines) is 2. The van der Waals surface area contributed by atoms with Crippen LogP contribution in [0, 0.1) is 0 Å². The molecule has 0 aromatic heterocycles. The number of amides is 3. The van der Waals surface area contributed by atoms with Gasteiger partial charge in [0.25, 0.3) is 0 Å². The topological polar surface area (TPSA) is 76.2 Å². The zero-order valence-electron chi connectivity index (χ0n) is 24.4. The molecule has 0 radical (unpaired) electrons. The van der Waals surface area contributed by atoms with Gasteiger partial charge in [-0.15, -0.1) is 0 Å². The predicted molar refractivity (Wildman–Crippen MR) is 169 cm³/mol. The molecule has 0 bridgehead atoms. The molecule has 4 heterocycles. The SMILES string of the molecule is O=C(CCC(=O)N1CCC(N2Cc3ccccc3NC2=O)CC1)c1ccc(N2CCC(N3CCCCC3)CC2)c(Br)c1. The Labute approximate surface area is 257 Å². The molecule has 0 spiro atoms. The third-order valence-electron chi connectivity index (χ3n) is 9.67. The Morgan fingerprint density at radius 2 is 1.55 bits per heavy atom. The summed E-state index contributed by atoms with van der Waals surface area (Å²) >= 11 is 3.73. The van der Waals surface area contributed by atoms with E-state index >= 15 is 0 Å². The summed E-state index contributed by atoms with van der Waals surface area (Å²) in [6.07, 6.45) is 8.33. The van der Waals surface area contributed by atoms with E-state index in [1.165, 1.54) is 45.2 Å². The van der Waals surface area contributed by atoms with Crippen LogP contribution in [0.3, 0.4) is 0 Å². The molecule has 42 heavy (non-hydrogen) atoms. The van der Waals surface area contributed by atoms with E-state index in [0.717, 1.165) is 47.3 Å². The zero-order valence-corrected chi connectivity index (χ0v) is 26.0. The second-order valence-electron chi connectivity index (χ2n) is 12.2. The van der Waals surface area contributed by atoms with Gasteiger partial charge in [-0.1, -0.05) is 24.6 Å². The average molecular weight is 637 g/mol. The number of benzene rings is 2. The Kier molecular flexibility index (Phi) is 9.14. The van der Waals surface area contributed by atoms with Crippen molar-refractivity contribution in [1.82, 2.24) is 14.7 Å². The molecule has 0 unspecified atom stereocenters. The molecule has 0 saturated carbocycles. The molecule has 1 N–H and O–H groups in total. The largest absolute Gasteiger partial charge is 0.371 e. The fraction of sp³-hybridized carbons (Fsp3) is 0.545. The quantitative estimate of drug-likeness (QED) is 0.383. The summed E-state index contributed by atoms with van der Waals surface area (Å²) in [5.41, 5.74) is 3.79. The van der Waals surface area contributed by atoms with Crippen LogP contribution in [-0.2, 0) is 11.3 Å². The van der Waals surface area contributed by atoms with Crippen molar-refractivity contribution >= 4 is 45.0 Å². The van der Waals surface area contributed by atoms with E-state index in [-0.39, 0.29) is 36.6 Å². The van der Waals surface area contributed by atoms with E-state index in [1.54, 1.807) is 0 Å². The maximum atomic E-state index is 13.0. The summed E-state index contributed by atoms with van der Waals surface area (Å²) in [6.45, 7) is 6.38.